The van der Waals surface area contributed by atoms with Crippen molar-refractivity contribution < 1.29 is 23.7 Å². The molecule has 5 atom stereocenters. The first-order valence-electron chi connectivity index (χ1n) is 16.0. The molecule has 0 unspecified atom stereocenters. The summed E-state index contributed by atoms with van der Waals surface area (Å²) in [7, 11) is 0. The Morgan fingerprint density at radius 1 is 0.478 bits per heavy atom. The molecule has 46 heavy (non-hydrogen) atoms. The molecule has 0 saturated carbocycles. The summed E-state index contributed by atoms with van der Waals surface area (Å²) in [6, 6.07) is 49.3. The third kappa shape index (κ3) is 8.79. The molecular weight excluding hydrogens is 572 g/mol. The quantitative estimate of drug-likeness (QED) is 0.126. The largest absolute Gasteiger partial charge is 0.374 e. The fraction of sp³-hybridized carbons (Fsp3) is 0.268. The molecule has 1 aliphatic heterocycles. The van der Waals surface area contributed by atoms with Crippen LogP contribution in [0, 0.1) is 6.92 Å². The molecule has 6 rings (SSSR count). The Morgan fingerprint density at radius 2 is 0.935 bits per heavy atom. The van der Waals surface area contributed by atoms with Gasteiger partial charge in [0.15, 0.2) is 0 Å². The summed E-state index contributed by atoms with van der Waals surface area (Å²) in [6.07, 6.45) is -2.16. The molecule has 1 fully saturated rings. The summed E-state index contributed by atoms with van der Waals surface area (Å²) >= 11 is 0. The van der Waals surface area contributed by atoms with Crippen molar-refractivity contribution in [3.05, 3.63) is 179 Å². The zero-order valence-corrected chi connectivity index (χ0v) is 26.3. The second-order valence-electron chi connectivity index (χ2n) is 11.8. The van der Waals surface area contributed by atoms with Gasteiger partial charge in [-0.25, -0.2) is 0 Å². The number of benzene rings is 5. The van der Waals surface area contributed by atoms with Gasteiger partial charge in [-0.05, 0) is 34.7 Å². The van der Waals surface area contributed by atoms with Gasteiger partial charge in [0, 0.05) is 0 Å². The van der Waals surface area contributed by atoms with Crippen molar-refractivity contribution in [2.45, 2.75) is 63.9 Å². The smallest absolute Gasteiger partial charge is 0.117 e. The molecule has 0 aromatic heterocycles. The molecule has 5 nitrogen and oxygen atoms in total. The fourth-order valence-corrected chi connectivity index (χ4v) is 5.90. The molecule has 5 heteroatoms. The Balaban J connectivity index is 1.34. The molecule has 5 aromatic carbocycles. The second kappa shape index (κ2) is 16.5. The van der Waals surface area contributed by atoms with E-state index in [1.165, 1.54) is 0 Å². The summed E-state index contributed by atoms with van der Waals surface area (Å²) < 4.78 is 33.8. The molecule has 0 N–H and O–H groups in total. The van der Waals surface area contributed by atoms with Gasteiger partial charge in [-0.3, -0.25) is 0 Å². The van der Waals surface area contributed by atoms with E-state index < -0.39 is 30.5 Å². The molecule has 0 aliphatic carbocycles. The van der Waals surface area contributed by atoms with Crippen LogP contribution in [0.2, 0.25) is 0 Å². The highest BCUT2D eigenvalue weighted by atomic mass is 16.6. The molecule has 236 valence electrons. The van der Waals surface area contributed by atoms with Crippen LogP contribution in [0.25, 0.3) is 0 Å². The third-order valence-corrected chi connectivity index (χ3v) is 8.25. The first-order valence-corrected chi connectivity index (χ1v) is 16.0. The average Bonchev–Trinajstić information content (AvgIpc) is 3.11. The van der Waals surface area contributed by atoms with Crippen molar-refractivity contribution in [3.63, 3.8) is 0 Å². The maximum atomic E-state index is 6.99. The Kier molecular flexibility index (Phi) is 11.4. The van der Waals surface area contributed by atoms with Gasteiger partial charge in [0.05, 0.1) is 33.0 Å². The predicted octanol–water partition coefficient (Wildman–Crippen LogP) is 8.41. The van der Waals surface area contributed by atoms with Gasteiger partial charge in [0.25, 0.3) is 0 Å². The summed E-state index contributed by atoms with van der Waals surface area (Å²) in [5, 5.41) is 0. The van der Waals surface area contributed by atoms with Gasteiger partial charge >= 0.3 is 0 Å². The van der Waals surface area contributed by atoms with Crippen LogP contribution in [0.15, 0.2) is 146 Å². The van der Waals surface area contributed by atoms with Gasteiger partial charge in [0.2, 0.25) is 0 Å². The molecule has 1 saturated heterocycles. The van der Waals surface area contributed by atoms with Crippen molar-refractivity contribution in [1.82, 2.24) is 0 Å². The van der Waals surface area contributed by atoms with Crippen LogP contribution in [-0.2, 0) is 50.1 Å². The number of aryl methyl sites for hydroxylation is 1. The van der Waals surface area contributed by atoms with Crippen molar-refractivity contribution in [2.24, 2.45) is 0 Å². The Morgan fingerprint density at radius 3 is 1.43 bits per heavy atom. The maximum Gasteiger partial charge on any atom is 0.117 e. The zero-order chi connectivity index (χ0) is 31.4. The zero-order valence-electron chi connectivity index (χ0n) is 26.3. The summed E-state index contributed by atoms with van der Waals surface area (Å²) in [5.41, 5.74) is 6.56. The van der Waals surface area contributed by atoms with Crippen molar-refractivity contribution in [1.29, 1.82) is 0 Å². The molecule has 0 radical (unpaired) electrons. The second-order valence-corrected chi connectivity index (χ2v) is 11.8. The SMILES string of the molecule is Cc1cccc([C@H]2O[C@H](COCc3ccccc3)[C@@H](OCc3ccccc3)[C@H](OCc3ccccc3)[C@@H]2OCc2ccccc2)c1. The third-order valence-electron chi connectivity index (χ3n) is 8.25. The lowest BCUT2D eigenvalue weighted by Gasteiger charge is -2.46. The van der Waals surface area contributed by atoms with Crippen LogP contribution >= 0.6 is 0 Å². The van der Waals surface area contributed by atoms with Gasteiger partial charge < -0.3 is 23.7 Å². The monoisotopic (exact) mass is 614 g/mol. The predicted molar refractivity (Wildman–Crippen MR) is 180 cm³/mol. The highest BCUT2D eigenvalue weighted by Crippen LogP contribution is 2.39. The number of ether oxygens (including phenoxy) is 5. The molecule has 5 aromatic rings. The van der Waals surface area contributed by atoms with E-state index in [1.807, 2.05) is 72.8 Å². The van der Waals surface area contributed by atoms with E-state index in [0.29, 0.717) is 33.0 Å². The van der Waals surface area contributed by atoms with E-state index in [9.17, 15) is 0 Å². The minimum Gasteiger partial charge on any atom is -0.374 e. The van der Waals surface area contributed by atoms with Crippen LogP contribution in [0.4, 0.5) is 0 Å². The molecule has 1 aliphatic rings. The summed E-state index contributed by atoms with van der Waals surface area (Å²) in [5.74, 6) is 0. The van der Waals surface area contributed by atoms with Crippen molar-refractivity contribution in [3.8, 4) is 0 Å². The topological polar surface area (TPSA) is 46.2 Å². The Hall–Kier alpha value is -4.10. The molecule has 0 bridgehead atoms. The normalized spacial score (nSPS) is 21.2. The van der Waals surface area contributed by atoms with Crippen molar-refractivity contribution in [2.75, 3.05) is 6.61 Å². The van der Waals surface area contributed by atoms with Crippen LogP contribution in [0.3, 0.4) is 0 Å². The first-order chi connectivity index (χ1) is 22.7. The Labute approximate surface area is 272 Å². The number of hydrogen-bond acceptors (Lipinski definition) is 5. The standard InChI is InChI=1S/C41H42O5/c1-31-15-14-24-36(25-31)38-40(44-28-34-20-10-4-11-21-34)41(45-29-35-22-12-5-13-23-35)39(43-27-33-18-8-3-9-19-33)37(46-38)30-42-26-32-16-6-2-7-17-32/h2-25,37-41H,26-30H2,1H3/t37-,38-,39-,40-,41+/m1/s1. The number of rotatable bonds is 14. The lowest BCUT2D eigenvalue weighted by atomic mass is 9.90. The highest BCUT2D eigenvalue weighted by Gasteiger charge is 2.49. The Bertz CT molecular complexity index is 1580. The van der Waals surface area contributed by atoms with Crippen LogP contribution < -0.4 is 0 Å². The van der Waals surface area contributed by atoms with E-state index in [1.54, 1.807) is 0 Å². The first kappa shape index (κ1) is 31.9. The minimum absolute atomic E-state index is 0.341. The van der Waals surface area contributed by atoms with E-state index in [4.69, 9.17) is 23.7 Å². The van der Waals surface area contributed by atoms with Crippen LogP contribution in [0.5, 0.6) is 0 Å². The molecule has 1 heterocycles. The van der Waals surface area contributed by atoms with E-state index in [2.05, 4.69) is 79.7 Å². The van der Waals surface area contributed by atoms with E-state index in [-0.39, 0.29) is 0 Å². The highest BCUT2D eigenvalue weighted by molar-refractivity contribution is 5.27. The van der Waals surface area contributed by atoms with E-state index in [0.717, 1.165) is 33.4 Å². The maximum absolute atomic E-state index is 6.99. The summed E-state index contributed by atoms with van der Waals surface area (Å²) in [6.45, 7) is 4.17. The fourth-order valence-electron chi connectivity index (χ4n) is 5.90. The van der Waals surface area contributed by atoms with Crippen molar-refractivity contribution >= 4 is 0 Å². The molecular formula is C41H42O5. The van der Waals surface area contributed by atoms with Gasteiger partial charge in [-0.1, -0.05) is 151 Å². The van der Waals surface area contributed by atoms with Crippen LogP contribution in [-0.4, -0.2) is 31.0 Å². The van der Waals surface area contributed by atoms with Gasteiger partial charge in [-0.15, -0.1) is 0 Å². The van der Waals surface area contributed by atoms with E-state index >= 15 is 0 Å². The van der Waals surface area contributed by atoms with Gasteiger partial charge in [0.1, 0.15) is 30.5 Å². The van der Waals surface area contributed by atoms with Crippen LogP contribution in [0.1, 0.15) is 39.5 Å². The lowest BCUT2D eigenvalue weighted by Crippen LogP contribution is -2.58. The van der Waals surface area contributed by atoms with Gasteiger partial charge in [-0.2, -0.15) is 0 Å². The number of hydrogen-bond donors (Lipinski definition) is 0. The molecule has 0 amide bonds. The lowest BCUT2D eigenvalue weighted by molar-refractivity contribution is -0.275. The summed E-state index contributed by atoms with van der Waals surface area (Å²) in [4.78, 5) is 0. The molecule has 0 spiro atoms. The average molecular weight is 615 g/mol. The minimum atomic E-state index is -0.457.